The van der Waals surface area contributed by atoms with Gasteiger partial charge < -0.3 is 15.5 Å². The smallest absolute Gasteiger partial charge is 0.321 e. The van der Waals surface area contributed by atoms with Crippen molar-refractivity contribution in [3.8, 4) is 0 Å². The van der Waals surface area contributed by atoms with Crippen molar-refractivity contribution in [1.29, 1.82) is 0 Å². The number of carbonyl (C=O) groups is 2. The van der Waals surface area contributed by atoms with Crippen LogP contribution in [0.2, 0.25) is 0 Å². The Kier molecular flexibility index (Phi) is 6.67. The number of carbonyl (C=O) groups excluding carboxylic acids is 2. The molecule has 2 aromatic carbocycles. The van der Waals surface area contributed by atoms with Gasteiger partial charge in [0.25, 0.3) is 5.91 Å². The lowest BCUT2D eigenvalue weighted by atomic mass is 9.89. The van der Waals surface area contributed by atoms with E-state index in [4.69, 9.17) is 0 Å². The van der Waals surface area contributed by atoms with Gasteiger partial charge in [-0.2, -0.15) is 0 Å². The van der Waals surface area contributed by atoms with E-state index in [0.717, 1.165) is 49.0 Å². The first-order valence-electron chi connectivity index (χ1n) is 11.2. The Morgan fingerprint density at radius 1 is 0.867 bits per heavy atom. The number of hydrogen-bond acceptors (Lipinski definition) is 2. The number of amides is 3. The fraction of sp³-hybridized carbons (Fsp3) is 0.440. The quantitative estimate of drug-likeness (QED) is 0.738. The van der Waals surface area contributed by atoms with Gasteiger partial charge in [-0.3, -0.25) is 4.79 Å². The van der Waals surface area contributed by atoms with Crippen molar-refractivity contribution in [1.82, 2.24) is 10.2 Å². The van der Waals surface area contributed by atoms with Gasteiger partial charge in [-0.1, -0.05) is 49.6 Å². The molecule has 1 atom stereocenters. The fourth-order valence-electron chi connectivity index (χ4n) is 4.61. The first kappa shape index (κ1) is 20.5. The molecule has 3 amide bonds. The third-order valence-electron chi connectivity index (χ3n) is 6.29. The van der Waals surface area contributed by atoms with Crippen LogP contribution in [-0.2, 0) is 0 Å². The molecule has 4 rings (SSSR count). The molecular weight excluding hydrogens is 374 g/mol. The number of likely N-dealkylation sites (tertiary alicyclic amines) is 1. The highest BCUT2D eigenvalue weighted by Crippen LogP contribution is 2.28. The van der Waals surface area contributed by atoms with Gasteiger partial charge in [0.1, 0.15) is 0 Å². The van der Waals surface area contributed by atoms with Gasteiger partial charge in [-0.05, 0) is 55.5 Å². The number of hydrogen-bond donors (Lipinski definition) is 2. The standard InChI is InChI=1S/C25H31N3O2/c29-24(26-22-12-3-1-4-13-22)20-10-7-9-19(17-20)21-11-8-16-28(18-21)25(30)27-23-14-5-2-6-15-23/h2,5-7,9-10,14-15,17,21-22H,1,3-4,8,11-13,16,18H2,(H,26,29)(H,27,30)/t21-/m0/s1. The van der Waals surface area contributed by atoms with E-state index in [1.165, 1.54) is 19.3 Å². The van der Waals surface area contributed by atoms with Crippen molar-refractivity contribution in [2.24, 2.45) is 0 Å². The molecule has 0 aromatic heterocycles. The van der Waals surface area contributed by atoms with Crippen molar-refractivity contribution in [2.45, 2.75) is 56.9 Å². The highest BCUT2D eigenvalue weighted by atomic mass is 16.2. The maximum Gasteiger partial charge on any atom is 0.321 e. The largest absolute Gasteiger partial charge is 0.349 e. The van der Waals surface area contributed by atoms with Crippen LogP contribution in [0.15, 0.2) is 54.6 Å². The summed E-state index contributed by atoms with van der Waals surface area (Å²) in [4.78, 5) is 27.3. The molecule has 30 heavy (non-hydrogen) atoms. The summed E-state index contributed by atoms with van der Waals surface area (Å²) in [6.45, 7) is 1.43. The number of nitrogens with zero attached hydrogens (tertiary/aromatic N) is 1. The Morgan fingerprint density at radius 3 is 2.47 bits per heavy atom. The van der Waals surface area contributed by atoms with Crippen LogP contribution >= 0.6 is 0 Å². The molecule has 0 spiro atoms. The number of urea groups is 1. The zero-order valence-corrected chi connectivity index (χ0v) is 17.5. The second-order valence-corrected chi connectivity index (χ2v) is 8.52. The molecule has 2 N–H and O–H groups in total. The van der Waals surface area contributed by atoms with Crippen LogP contribution in [0.3, 0.4) is 0 Å². The average molecular weight is 406 g/mol. The second-order valence-electron chi connectivity index (χ2n) is 8.52. The second kappa shape index (κ2) is 9.79. The fourth-order valence-corrected chi connectivity index (χ4v) is 4.61. The lowest BCUT2D eigenvalue weighted by molar-refractivity contribution is 0.0927. The van der Waals surface area contributed by atoms with E-state index in [-0.39, 0.29) is 17.9 Å². The van der Waals surface area contributed by atoms with E-state index in [9.17, 15) is 9.59 Å². The third-order valence-corrected chi connectivity index (χ3v) is 6.29. The van der Waals surface area contributed by atoms with E-state index < -0.39 is 0 Å². The Labute approximate surface area is 178 Å². The van der Waals surface area contributed by atoms with Crippen LogP contribution in [-0.4, -0.2) is 36.0 Å². The summed E-state index contributed by atoms with van der Waals surface area (Å²) in [5.41, 5.74) is 2.68. The summed E-state index contributed by atoms with van der Waals surface area (Å²) < 4.78 is 0. The molecule has 2 aromatic rings. The van der Waals surface area contributed by atoms with Crippen LogP contribution in [0.4, 0.5) is 10.5 Å². The molecule has 0 unspecified atom stereocenters. The number of rotatable bonds is 4. The van der Waals surface area contributed by atoms with Gasteiger partial charge in [0.15, 0.2) is 0 Å². The maximum absolute atomic E-state index is 12.7. The zero-order valence-electron chi connectivity index (χ0n) is 17.5. The lowest BCUT2D eigenvalue weighted by Crippen LogP contribution is -2.41. The Hall–Kier alpha value is -2.82. The van der Waals surface area contributed by atoms with Crippen LogP contribution in [0.1, 0.15) is 66.8 Å². The van der Waals surface area contributed by atoms with E-state index in [1.54, 1.807) is 0 Å². The number of piperidine rings is 1. The number of benzene rings is 2. The highest BCUT2D eigenvalue weighted by Gasteiger charge is 2.25. The van der Waals surface area contributed by atoms with Crippen molar-refractivity contribution in [3.05, 3.63) is 65.7 Å². The van der Waals surface area contributed by atoms with Gasteiger partial charge in [0.2, 0.25) is 0 Å². The molecule has 1 aliphatic carbocycles. The molecule has 5 heteroatoms. The van der Waals surface area contributed by atoms with E-state index in [1.807, 2.05) is 53.4 Å². The van der Waals surface area contributed by atoms with Gasteiger partial charge in [0.05, 0.1) is 0 Å². The van der Waals surface area contributed by atoms with Crippen molar-refractivity contribution in [3.63, 3.8) is 0 Å². The topological polar surface area (TPSA) is 61.4 Å². The van der Waals surface area contributed by atoms with Crippen LogP contribution in [0.25, 0.3) is 0 Å². The van der Waals surface area contributed by atoms with Crippen molar-refractivity contribution < 1.29 is 9.59 Å². The molecule has 0 bridgehead atoms. The predicted octanol–water partition coefficient (Wildman–Crippen LogP) is 5.16. The Balaban J connectivity index is 1.39. The molecular formula is C25H31N3O2. The first-order valence-corrected chi connectivity index (χ1v) is 11.2. The van der Waals surface area contributed by atoms with Crippen LogP contribution < -0.4 is 10.6 Å². The Morgan fingerprint density at radius 2 is 1.67 bits per heavy atom. The predicted molar refractivity (Wildman–Crippen MR) is 120 cm³/mol. The summed E-state index contributed by atoms with van der Waals surface area (Å²) in [6, 6.07) is 17.8. The van der Waals surface area contributed by atoms with Crippen LogP contribution in [0, 0.1) is 0 Å². The molecule has 158 valence electrons. The molecule has 0 radical (unpaired) electrons. The van der Waals surface area contributed by atoms with Gasteiger partial charge >= 0.3 is 6.03 Å². The third kappa shape index (κ3) is 5.21. The molecule has 1 heterocycles. The van der Waals surface area contributed by atoms with Gasteiger partial charge in [-0.15, -0.1) is 0 Å². The molecule has 1 aliphatic heterocycles. The zero-order chi connectivity index (χ0) is 20.8. The SMILES string of the molecule is O=C(NC1CCCCC1)c1cccc([C@H]2CCCN(C(=O)Nc3ccccc3)C2)c1. The van der Waals surface area contributed by atoms with Crippen molar-refractivity contribution >= 4 is 17.6 Å². The highest BCUT2D eigenvalue weighted by molar-refractivity contribution is 5.94. The summed E-state index contributed by atoms with van der Waals surface area (Å²) in [7, 11) is 0. The average Bonchev–Trinajstić information content (AvgIpc) is 2.80. The molecule has 5 nitrogen and oxygen atoms in total. The van der Waals surface area contributed by atoms with Crippen molar-refractivity contribution in [2.75, 3.05) is 18.4 Å². The minimum atomic E-state index is -0.0582. The summed E-state index contributed by atoms with van der Waals surface area (Å²) >= 11 is 0. The minimum Gasteiger partial charge on any atom is -0.349 e. The van der Waals surface area contributed by atoms with E-state index >= 15 is 0 Å². The molecule has 2 fully saturated rings. The number of para-hydroxylation sites is 1. The van der Waals surface area contributed by atoms with Gasteiger partial charge in [-0.25, -0.2) is 4.79 Å². The maximum atomic E-state index is 12.7. The van der Waals surface area contributed by atoms with Crippen LogP contribution in [0.5, 0.6) is 0 Å². The summed E-state index contributed by atoms with van der Waals surface area (Å²) in [5, 5.41) is 6.19. The summed E-state index contributed by atoms with van der Waals surface area (Å²) in [5.74, 6) is 0.279. The molecule has 1 saturated carbocycles. The Bertz CT molecular complexity index is 862. The monoisotopic (exact) mass is 405 g/mol. The van der Waals surface area contributed by atoms with E-state index in [2.05, 4.69) is 16.7 Å². The van der Waals surface area contributed by atoms with Gasteiger partial charge in [0, 0.05) is 36.3 Å². The van der Waals surface area contributed by atoms with E-state index in [0.29, 0.717) is 12.6 Å². The summed E-state index contributed by atoms with van der Waals surface area (Å²) in [6.07, 6.45) is 7.84. The molecule has 2 aliphatic rings. The minimum absolute atomic E-state index is 0.0261. The normalized spacial score (nSPS) is 19.9. The molecule has 1 saturated heterocycles. The number of nitrogens with one attached hydrogen (secondary N) is 2. The number of anilines is 1. The first-order chi connectivity index (χ1) is 14.7. The lowest BCUT2D eigenvalue weighted by Gasteiger charge is -2.33.